The molecule has 1 aromatic carbocycles. The van der Waals surface area contributed by atoms with Crippen LogP contribution < -0.4 is 4.74 Å². The highest BCUT2D eigenvalue weighted by atomic mass is 16.5. The number of hydrogen-bond donors (Lipinski definition) is 1. The maximum absolute atomic E-state index is 12.3. The normalized spacial score (nSPS) is 20.5. The molecule has 126 valence electrons. The van der Waals surface area contributed by atoms with Crippen molar-refractivity contribution in [2.24, 2.45) is 0 Å². The highest BCUT2D eigenvalue weighted by Gasteiger charge is 2.36. The topological polar surface area (TPSA) is 76.1 Å². The molecule has 0 aromatic heterocycles. The van der Waals surface area contributed by atoms with Gasteiger partial charge in [0.15, 0.2) is 0 Å². The Balaban J connectivity index is 1.77. The summed E-state index contributed by atoms with van der Waals surface area (Å²) in [4.78, 5) is 24.9. The molecule has 2 unspecified atom stereocenters. The van der Waals surface area contributed by atoms with Crippen molar-refractivity contribution in [3.8, 4) is 5.75 Å². The minimum absolute atomic E-state index is 0.0348. The summed E-state index contributed by atoms with van der Waals surface area (Å²) in [6, 6.07) is 9.17. The van der Waals surface area contributed by atoms with E-state index in [0.717, 1.165) is 5.75 Å². The smallest absolute Gasteiger partial charge is 0.305 e. The van der Waals surface area contributed by atoms with Gasteiger partial charge in [0.1, 0.15) is 5.75 Å². The van der Waals surface area contributed by atoms with E-state index in [-0.39, 0.29) is 24.5 Å². The molecule has 0 spiro atoms. The van der Waals surface area contributed by atoms with Crippen LogP contribution in [0.1, 0.15) is 25.7 Å². The van der Waals surface area contributed by atoms with Crippen LogP contribution in [0, 0.1) is 0 Å². The van der Waals surface area contributed by atoms with Crippen LogP contribution in [0.5, 0.6) is 5.75 Å². The van der Waals surface area contributed by atoms with E-state index < -0.39 is 5.97 Å². The first-order valence-electron chi connectivity index (χ1n) is 7.82. The van der Waals surface area contributed by atoms with Crippen molar-refractivity contribution in [1.82, 2.24) is 4.90 Å². The van der Waals surface area contributed by atoms with Crippen molar-refractivity contribution < 1.29 is 24.2 Å². The van der Waals surface area contributed by atoms with Crippen molar-refractivity contribution in [3.63, 3.8) is 0 Å². The van der Waals surface area contributed by atoms with Crippen molar-refractivity contribution in [2.45, 2.75) is 37.8 Å². The molecule has 1 heterocycles. The van der Waals surface area contributed by atoms with Gasteiger partial charge in [0, 0.05) is 26.1 Å². The molecule has 1 fully saturated rings. The Kier molecular flexibility index (Phi) is 6.40. The second kappa shape index (κ2) is 8.53. The number of aliphatic carboxylic acids is 1. The number of carboxylic acids is 1. The molecule has 1 aliphatic rings. The summed E-state index contributed by atoms with van der Waals surface area (Å²) in [5.74, 6) is -0.145. The Morgan fingerprint density at radius 2 is 2.04 bits per heavy atom. The van der Waals surface area contributed by atoms with E-state index in [1.54, 1.807) is 12.0 Å². The van der Waals surface area contributed by atoms with Gasteiger partial charge in [-0.1, -0.05) is 18.2 Å². The minimum atomic E-state index is -0.892. The SMILES string of the molecule is COC1CC(CC(=O)O)N(C(=O)CCCOc2ccccc2)C1. The third-order valence-electron chi connectivity index (χ3n) is 3.99. The van der Waals surface area contributed by atoms with Gasteiger partial charge in [0.2, 0.25) is 5.91 Å². The molecule has 2 rings (SSSR count). The summed E-state index contributed by atoms with van der Waals surface area (Å²) >= 11 is 0. The van der Waals surface area contributed by atoms with Crippen molar-refractivity contribution in [2.75, 3.05) is 20.3 Å². The zero-order valence-corrected chi connectivity index (χ0v) is 13.3. The number of para-hydroxylation sites is 1. The van der Waals surface area contributed by atoms with Gasteiger partial charge in [-0.3, -0.25) is 9.59 Å². The van der Waals surface area contributed by atoms with Crippen molar-refractivity contribution >= 4 is 11.9 Å². The fourth-order valence-corrected chi connectivity index (χ4v) is 2.82. The van der Waals surface area contributed by atoms with E-state index in [4.69, 9.17) is 14.6 Å². The first-order valence-corrected chi connectivity index (χ1v) is 7.82. The number of benzene rings is 1. The van der Waals surface area contributed by atoms with Gasteiger partial charge >= 0.3 is 5.97 Å². The molecule has 2 atom stereocenters. The van der Waals surface area contributed by atoms with Crippen LogP contribution in [-0.4, -0.2) is 54.3 Å². The largest absolute Gasteiger partial charge is 0.494 e. The first-order chi connectivity index (χ1) is 11.1. The monoisotopic (exact) mass is 321 g/mol. The van der Waals surface area contributed by atoms with E-state index >= 15 is 0 Å². The summed E-state index contributed by atoms with van der Waals surface area (Å²) in [6.07, 6.45) is 1.41. The van der Waals surface area contributed by atoms with Gasteiger partial charge < -0.3 is 19.5 Å². The number of methoxy groups -OCH3 is 1. The highest BCUT2D eigenvalue weighted by Crippen LogP contribution is 2.23. The minimum Gasteiger partial charge on any atom is -0.494 e. The number of carboxylic acid groups (broad SMARTS) is 1. The number of hydrogen-bond acceptors (Lipinski definition) is 4. The number of carbonyl (C=O) groups excluding carboxylic acids is 1. The Morgan fingerprint density at radius 1 is 1.30 bits per heavy atom. The molecule has 0 radical (unpaired) electrons. The van der Waals surface area contributed by atoms with Crippen molar-refractivity contribution in [3.05, 3.63) is 30.3 Å². The molecule has 1 aliphatic heterocycles. The number of carbonyl (C=O) groups is 2. The number of rotatable bonds is 8. The van der Waals surface area contributed by atoms with Gasteiger partial charge in [0.25, 0.3) is 0 Å². The zero-order chi connectivity index (χ0) is 16.7. The quantitative estimate of drug-likeness (QED) is 0.741. The van der Waals surface area contributed by atoms with E-state index in [1.807, 2.05) is 30.3 Å². The van der Waals surface area contributed by atoms with Gasteiger partial charge in [-0.2, -0.15) is 0 Å². The number of nitrogens with zero attached hydrogens (tertiary/aromatic N) is 1. The predicted molar refractivity (Wildman–Crippen MR) is 84.3 cm³/mol. The molecule has 1 aromatic rings. The van der Waals surface area contributed by atoms with Crippen LogP contribution in [0.25, 0.3) is 0 Å². The average molecular weight is 321 g/mol. The zero-order valence-electron chi connectivity index (χ0n) is 13.3. The Morgan fingerprint density at radius 3 is 2.70 bits per heavy atom. The molecule has 0 bridgehead atoms. The van der Waals surface area contributed by atoms with Crippen LogP contribution >= 0.6 is 0 Å². The maximum atomic E-state index is 12.3. The van der Waals surface area contributed by atoms with Crippen LogP contribution in [-0.2, 0) is 14.3 Å². The van der Waals surface area contributed by atoms with Crippen molar-refractivity contribution in [1.29, 1.82) is 0 Å². The number of likely N-dealkylation sites (tertiary alicyclic amines) is 1. The second-order valence-electron chi connectivity index (χ2n) is 5.66. The van der Waals surface area contributed by atoms with E-state index in [0.29, 0.717) is 32.4 Å². The summed E-state index contributed by atoms with van der Waals surface area (Å²) in [7, 11) is 1.59. The lowest BCUT2D eigenvalue weighted by molar-refractivity contribution is -0.140. The fourth-order valence-electron chi connectivity index (χ4n) is 2.82. The number of ether oxygens (including phenoxy) is 2. The fraction of sp³-hybridized carbons (Fsp3) is 0.529. The standard InChI is InChI=1S/C17H23NO5/c1-22-15-10-13(11-17(20)21)18(12-15)16(19)8-5-9-23-14-6-3-2-4-7-14/h2-4,6-7,13,15H,5,8-12H2,1H3,(H,20,21). The summed E-state index contributed by atoms with van der Waals surface area (Å²) < 4.78 is 10.8. The molecule has 0 aliphatic carbocycles. The molecule has 1 N–H and O–H groups in total. The van der Waals surface area contributed by atoms with Gasteiger partial charge in [-0.25, -0.2) is 0 Å². The van der Waals surface area contributed by atoms with E-state index in [1.165, 1.54) is 0 Å². The molecule has 1 saturated heterocycles. The average Bonchev–Trinajstić information content (AvgIpc) is 2.94. The van der Waals surface area contributed by atoms with Crippen LogP contribution in [0.3, 0.4) is 0 Å². The van der Waals surface area contributed by atoms with Crippen LogP contribution in [0.15, 0.2) is 30.3 Å². The molecule has 0 saturated carbocycles. The van der Waals surface area contributed by atoms with Gasteiger partial charge in [0.05, 0.1) is 19.1 Å². The van der Waals surface area contributed by atoms with Gasteiger partial charge in [-0.15, -0.1) is 0 Å². The lowest BCUT2D eigenvalue weighted by Crippen LogP contribution is -2.37. The molecule has 23 heavy (non-hydrogen) atoms. The third kappa shape index (κ3) is 5.25. The highest BCUT2D eigenvalue weighted by molar-refractivity contribution is 5.78. The summed E-state index contributed by atoms with van der Waals surface area (Å²) in [5.41, 5.74) is 0. The summed E-state index contributed by atoms with van der Waals surface area (Å²) in [5, 5.41) is 8.97. The Bertz CT molecular complexity index is 519. The van der Waals surface area contributed by atoms with Gasteiger partial charge in [-0.05, 0) is 25.0 Å². The van der Waals surface area contributed by atoms with Crippen LogP contribution in [0.4, 0.5) is 0 Å². The lowest BCUT2D eigenvalue weighted by Gasteiger charge is -2.23. The third-order valence-corrected chi connectivity index (χ3v) is 3.99. The Labute approximate surface area is 136 Å². The van der Waals surface area contributed by atoms with Crippen LogP contribution in [0.2, 0.25) is 0 Å². The first kappa shape index (κ1) is 17.3. The Hall–Kier alpha value is -2.08. The van der Waals surface area contributed by atoms with E-state index in [9.17, 15) is 9.59 Å². The second-order valence-corrected chi connectivity index (χ2v) is 5.66. The molecular weight excluding hydrogens is 298 g/mol. The lowest BCUT2D eigenvalue weighted by atomic mass is 10.1. The molecular formula is C17H23NO5. The maximum Gasteiger partial charge on any atom is 0.305 e. The molecule has 6 heteroatoms. The molecule has 1 amide bonds. The predicted octanol–water partition coefficient (Wildman–Crippen LogP) is 1.94. The number of amides is 1. The van der Waals surface area contributed by atoms with E-state index in [2.05, 4.69) is 0 Å². The molecule has 6 nitrogen and oxygen atoms in total. The summed E-state index contributed by atoms with van der Waals surface area (Å²) in [6.45, 7) is 0.924.